The Hall–Kier alpha value is -4.98. The topological polar surface area (TPSA) is 67.7 Å². The maximum Gasteiger partial charge on any atom is 0.274 e. The van der Waals surface area contributed by atoms with Crippen molar-refractivity contribution in [3.05, 3.63) is 108 Å². The standard InChI is InChI=1S/C34H31FN4O3/c1-3-42-28-9-6-8-26(20-28)39-21-32(36-33(39)30-12-11-23(2)17-31(30)35)34(41)38-15-13-37(14-16-38)27-18-24-7-4-5-10-29(24)25(19-27)22-40/h4-12,17-22H,3,13-16H2,1-2H3. The maximum atomic E-state index is 15.2. The SMILES string of the molecule is CCOc1cccc(-n2cc(C(=O)N3CCN(c4cc(C=O)c5ccccc5c4)CC3)nc2-c2ccc(C)cc2F)c1. The van der Waals surface area contributed by atoms with Crippen LogP contribution in [0.5, 0.6) is 5.75 Å². The summed E-state index contributed by atoms with van der Waals surface area (Å²) >= 11 is 0. The molecule has 4 aromatic carbocycles. The number of carbonyl (C=O) groups is 2. The Morgan fingerprint density at radius 2 is 1.76 bits per heavy atom. The number of rotatable bonds is 7. The molecule has 7 nitrogen and oxygen atoms in total. The first kappa shape index (κ1) is 27.2. The Balaban J connectivity index is 1.28. The molecule has 2 heterocycles. The zero-order valence-electron chi connectivity index (χ0n) is 23.6. The third kappa shape index (κ3) is 5.23. The van der Waals surface area contributed by atoms with Gasteiger partial charge >= 0.3 is 0 Å². The fourth-order valence-electron chi connectivity index (χ4n) is 5.50. The van der Waals surface area contributed by atoms with E-state index < -0.39 is 5.82 Å². The summed E-state index contributed by atoms with van der Waals surface area (Å²) < 4.78 is 22.6. The van der Waals surface area contributed by atoms with E-state index in [9.17, 15) is 9.59 Å². The highest BCUT2D eigenvalue weighted by Gasteiger charge is 2.27. The number of aldehydes is 1. The van der Waals surface area contributed by atoms with Crippen LogP contribution in [0.3, 0.4) is 0 Å². The van der Waals surface area contributed by atoms with Crippen LogP contribution in [0.15, 0.2) is 85.1 Å². The van der Waals surface area contributed by atoms with Crippen molar-refractivity contribution in [2.75, 3.05) is 37.7 Å². The molecule has 0 spiro atoms. The molecule has 1 fully saturated rings. The van der Waals surface area contributed by atoms with Crippen LogP contribution in [0.4, 0.5) is 10.1 Å². The van der Waals surface area contributed by atoms with Crippen molar-refractivity contribution in [3.8, 4) is 22.8 Å². The molecule has 8 heteroatoms. The molecule has 0 atom stereocenters. The van der Waals surface area contributed by atoms with Crippen LogP contribution in [0.2, 0.25) is 0 Å². The van der Waals surface area contributed by atoms with E-state index in [0.29, 0.717) is 55.5 Å². The molecule has 5 aromatic rings. The van der Waals surface area contributed by atoms with Gasteiger partial charge in [0.15, 0.2) is 6.29 Å². The average Bonchev–Trinajstić information content (AvgIpc) is 3.46. The number of nitrogens with zero attached hydrogens (tertiary/aromatic N) is 4. The maximum absolute atomic E-state index is 15.2. The van der Waals surface area contributed by atoms with Gasteiger partial charge in [-0.05, 0) is 66.6 Å². The highest BCUT2D eigenvalue weighted by atomic mass is 19.1. The minimum Gasteiger partial charge on any atom is -0.494 e. The zero-order valence-corrected chi connectivity index (χ0v) is 23.6. The molecule has 1 aliphatic heterocycles. The second-order valence-corrected chi connectivity index (χ2v) is 10.4. The fourth-order valence-corrected chi connectivity index (χ4v) is 5.50. The van der Waals surface area contributed by atoms with Crippen LogP contribution in [0.25, 0.3) is 27.8 Å². The summed E-state index contributed by atoms with van der Waals surface area (Å²) in [7, 11) is 0. The van der Waals surface area contributed by atoms with Crippen LogP contribution >= 0.6 is 0 Å². The summed E-state index contributed by atoms with van der Waals surface area (Å²) in [5.41, 5.74) is 3.68. The number of benzene rings is 4. The number of piperazine rings is 1. The van der Waals surface area contributed by atoms with Gasteiger partial charge in [-0.15, -0.1) is 0 Å². The first-order valence-electron chi connectivity index (χ1n) is 14.1. The van der Waals surface area contributed by atoms with E-state index in [4.69, 9.17) is 4.74 Å². The first-order chi connectivity index (χ1) is 20.4. The molecule has 1 amide bonds. The summed E-state index contributed by atoms with van der Waals surface area (Å²) in [5, 5.41) is 1.93. The molecular formula is C34H31FN4O3. The number of carbonyl (C=O) groups excluding carboxylic acids is 2. The largest absolute Gasteiger partial charge is 0.494 e. The number of anilines is 1. The lowest BCUT2D eigenvalue weighted by Gasteiger charge is -2.36. The van der Waals surface area contributed by atoms with E-state index in [1.54, 1.807) is 21.7 Å². The number of hydrogen-bond acceptors (Lipinski definition) is 5. The van der Waals surface area contributed by atoms with Crippen LogP contribution in [-0.4, -0.2) is 59.4 Å². The van der Waals surface area contributed by atoms with Crippen LogP contribution < -0.4 is 9.64 Å². The molecule has 212 valence electrons. The molecule has 0 saturated carbocycles. The molecule has 0 bridgehead atoms. The summed E-state index contributed by atoms with van der Waals surface area (Å²) in [5.74, 6) is 0.408. The molecule has 0 unspecified atom stereocenters. The summed E-state index contributed by atoms with van der Waals surface area (Å²) in [6, 6.07) is 24.3. The molecule has 6 rings (SSSR count). The van der Waals surface area contributed by atoms with Crippen LogP contribution in [0, 0.1) is 12.7 Å². The Morgan fingerprint density at radius 1 is 0.952 bits per heavy atom. The van der Waals surface area contributed by atoms with Gasteiger partial charge in [0.25, 0.3) is 5.91 Å². The van der Waals surface area contributed by atoms with Gasteiger partial charge in [-0.1, -0.05) is 36.4 Å². The van der Waals surface area contributed by atoms with Gasteiger partial charge in [0, 0.05) is 49.7 Å². The Morgan fingerprint density at radius 3 is 2.52 bits per heavy atom. The fraction of sp³-hybridized carbons (Fsp3) is 0.206. The quantitative estimate of drug-likeness (QED) is 0.217. The molecule has 0 N–H and O–H groups in total. The number of imidazole rings is 1. The molecule has 42 heavy (non-hydrogen) atoms. The number of halogens is 1. The van der Waals surface area contributed by atoms with Crippen LogP contribution in [0.1, 0.15) is 33.3 Å². The predicted molar refractivity (Wildman–Crippen MR) is 162 cm³/mol. The lowest BCUT2D eigenvalue weighted by molar-refractivity contribution is 0.0741. The molecule has 1 saturated heterocycles. The number of ether oxygens (including phenoxy) is 1. The van der Waals surface area contributed by atoms with Gasteiger partial charge in [0.2, 0.25) is 0 Å². The summed E-state index contributed by atoms with van der Waals surface area (Å²) in [6.07, 6.45) is 2.56. The minimum atomic E-state index is -0.402. The van der Waals surface area contributed by atoms with Gasteiger partial charge in [0.05, 0.1) is 17.9 Å². The van der Waals surface area contributed by atoms with Crippen molar-refractivity contribution >= 4 is 28.7 Å². The van der Waals surface area contributed by atoms with Gasteiger partial charge in [0.1, 0.15) is 23.1 Å². The second-order valence-electron chi connectivity index (χ2n) is 10.4. The van der Waals surface area contributed by atoms with Gasteiger partial charge in [-0.2, -0.15) is 0 Å². The first-order valence-corrected chi connectivity index (χ1v) is 14.1. The molecule has 1 aliphatic rings. The van der Waals surface area contributed by atoms with E-state index in [-0.39, 0.29) is 11.6 Å². The Kier molecular flexibility index (Phi) is 7.44. The minimum absolute atomic E-state index is 0.213. The number of amides is 1. The number of aryl methyl sites for hydroxylation is 1. The van der Waals surface area contributed by atoms with Crippen LogP contribution in [-0.2, 0) is 0 Å². The van der Waals surface area contributed by atoms with Crippen molar-refractivity contribution in [3.63, 3.8) is 0 Å². The van der Waals surface area contributed by atoms with Crippen molar-refractivity contribution < 1.29 is 18.7 Å². The zero-order chi connectivity index (χ0) is 29.2. The number of fused-ring (bicyclic) bond motifs is 1. The van der Waals surface area contributed by atoms with E-state index in [2.05, 4.69) is 16.0 Å². The highest BCUT2D eigenvalue weighted by molar-refractivity contribution is 6.00. The smallest absolute Gasteiger partial charge is 0.274 e. The predicted octanol–water partition coefficient (Wildman–Crippen LogP) is 6.31. The lowest BCUT2D eigenvalue weighted by atomic mass is 10.0. The van der Waals surface area contributed by atoms with Crippen molar-refractivity contribution in [2.45, 2.75) is 13.8 Å². The average molecular weight is 563 g/mol. The van der Waals surface area contributed by atoms with Crippen molar-refractivity contribution in [2.24, 2.45) is 0 Å². The van der Waals surface area contributed by atoms with E-state index >= 15 is 4.39 Å². The number of hydrogen-bond donors (Lipinski definition) is 0. The normalized spacial score (nSPS) is 13.4. The monoisotopic (exact) mass is 562 g/mol. The van der Waals surface area contributed by atoms with E-state index in [1.165, 1.54) is 6.07 Å². The third-order valence-corrected chi connectivity index (χ3v) is 7.63. The molecular weight excluding hydrogens is 531 g/mol. The molecule has 0 aliphatic carbocycles. The second kappa shape index (κ2) is 11.5. The molecule has 1 aromatic heterocycles. The number of aromatic nitrogens is 2. The van der Waals surface area contributed by atoms with E-state index in [1.807, 2.05) is 74.5 Å². The highest BCUT2D eigenvalue weighted by Crippen LogP contribution is 2.30. The van der Waals surface area contributed by atoms with Gasteiger partial charge in [-0.3, -0.25) is 14.2 Å². The Labute approximate surface area is 243 Å². The Bertz CT molecular complexity index is 1790. The van der Waals surface area contributed by atoms with Crippen molar-refractivity contribution in [1.82, 2.24) is 14.5 Å². The van der Waals surface area contributed by atoms with E-state index in [0.717, 1.165) is 34.0 Å². The lowest BCUT2D eigenvalue weighted by Crippen LogP contribution is -2.49. The van der Waals surface area contributed by atoms with Crippen molar-refractivity contribution in [1.29, 1.82) is 0 Å². The third-order valence-electron chi connectivity index (χ3n) is 7.63. The van der Waals surface area contributed by atoms with Gasteiger partial charge in [-0.25, -0.2) is 9.37 Å². The van der Waals surface area contributed by atoms with Gasteiger partial charge < -0.3 is 14.5 Å². The summed E-state index contributed by atoms with van der Waals surface area (Å²) in [4.78, 5) is 34.1. The summed E-state index contributed by atoms with van der Waals surface area (Å²) in [6.45, 7) is 6.45. The molecule has 0 radical (unpaired) electrons.